The molecule has 0 spiro atoms. The average Bonchev–Trinajstić information content (AvgIpc) is 2.43. The molecule has 1 unspecified atom stereocenters. The van der Waals surface area contributed by atoms with Crippen LogP contribution in [0.4, 0.5) is 0 Å². The Morgan fingerprint density at radius 1 is 1.26 bits per heavy atom. The maximum atomic E-state index is 9.77. The number of rotatable bonds is 5. The van der Waals surface area contributed by atoms with Crippen LogP contribution in [0.25, 0.3) is 0 Å². The highest BCUT2D eigenvalue weighted by atomic mass is 16.3. The van der Waals surface area contributed by atoms with Crippen LogP contribution in [0.1, 0.15) is 25.8 Å². The van der Waals surface area contributed by atoms with Crippen LogP contribution in [0.2, 0.25) is 0 Å². The molecule has 106 valence electrons. The lowest BCUT2D eigenvalue weighted by Gasteiger charge is -2.40. The Labute approximate surface area is 116 Å². The van der Waals surface area contributed by atoms with Crippen molar-refractivity contribution in [2.75, 3.05) is 26.2 Å². The molecule has 3 heteroatoms. The molecule has 0 saturated carbocycles. The van der Waals surface area contributed by atoms with Crippen LogP contribution in [0.3, 0.4) is 0 Å². The van der Waals surface area contributed by atoms with E-state index in [9.17, 15) is 5.11 Å². The third-order valence-electron chi connectivity index (χ3n) is 4.01. The van der Waals surface area contributed by atoms with Crippen LogP contribution >= 0.6 is 0 Å². The molecule has 1 aliphatic rings. The summed E-state index contributed by atoms with van der Waals surface area (Å²) < 4.78 is 0. The third-order valence-corrected chi connectivity index (χ3v) is 4.01. The zero-order valence-corrected chi connectivity index (χ0v) is 12.1. The summed E-state index contributed by atoms with van der Waals surface area (Å²) in [4.78, 5) is 4.92. The summed E-state index contributed by atoms with van der Waals surface area (Å²) in [7, 11) is 0. The van der Waals surface area contributed by atoms with Gasteiger partial charge in [-0.05, 0) is 18.9 Å². The van der Waals surface area contributed by atoms with Crippen molar-refractivity contribution in [2.24, 2.45) is 0 Å². The third kappa shape index (κ3) is 4.30. The average molecular weight is 262 g/mol. The summed E-state index contributed by atoms with van der Waals surface area (Å²) in [5, 5.41) is 9.77. The van der Waals surface area contributed by atoms with Gasteiger partial charge in [-0.3, -0.25) is 9.80 Å². The minimum absolute atomic E-state index is 0.178. The molecule has 0 radical (unpaired) electrons. The molecule has 3 nitrogen and oxygen atoms in total. The van der Waals surface area contributed by atoms with Gasteiger partial charge in [-0.15, -0.1) is 0 Å². The van der Waals surface area contributed by atoms with E-state index >= 15 is 0 Å². The SMILES string of the molecule is CCC(O)CN1CCN(Cc2ccccc2)C[C@H]1C. The van der Waals surface area contributed by atoms with E-state index in [0.29, 0.717) is 6.04 Å². The fourth-order valence-corrected chi connectivity index (χ4v) is 2.73. The van der Waals surface area contributed by atoms with E-state index < -0.39 is 0 Å². The fourth-order valence-electron chi connectivity index (χ4n) is 2.73. The Morgan fingerprint density at radius 2 is 2.00 bits per heavy atom. The quantitative estimate of drug-likeness (QED) is 0.879. The minimum Gasteiger partial charge on any atom is -0.392 e. The maximum Gasteiger partial charge on any atom is 0.0664 e. The lowest BCUT2D eigenvalue weighted by molar-refractivity contribution is 0.0356. The van der Waals surface area contributed by atoms with Gasteiger partial charge >= 0.3 is 0 Å². The van der Waals surface area contributed by atoms with Gasteiger partial charge in [-0.25, -0.2) is 0 Å². The van der Waals surface area contributed by atoms with Crippen LogP contribution in [-0.4, -0.2) is 53.2 Å². The van der Waals surface area contributed by atoms with Crippen molar-refractivity contribution in [3.05, 3.63) is 35.9 Å². The highest BCUT2D eigenvalue weighted by Crippen LogP contribution is 2.13. The molecule has 1 N–H and O–H groups in total. The number of aliphatic hydroxyl groups is 1. The highest BCUT2D eigenvalue weighted by Gasteiger charge is 2.24. The number of aliphatic hydroxyl groups excluding tert-OH is 1. The van der Waals surface area contributed by atoms with E-state index in [-0.39, 0.29) is 6.10 Å². The van der Waals surface area contributed by atoms with Crippen molar-refractivity contribution in [3.8, 4) is 0 Å². The molecule has 19 heavy (non-hydrogen) atoms. The lowest BCUT2D eigenvalue weighted by Crippen LogP contribution is -2.53. The Morgan fingerprint density at radius 3 is 2.63 bits per heavy atom. The molecule has 1 aromatic rings. The topological polar surface area (TPSA) is 26.7 Å². The number of β-amino-alcohol motifs (C(OH)–C–C–N with tert-alkyl or cyclic N) is 1. The molecule has 0 aliphatic carbocycles. The molecule has 0 amide bonds. The van der Waals surface area contributed by atoms with Gasteiger partial charge in [0.05, 0.1) is 6.10 Å². The number of piperazine rings is 1. The van der Waals surface area contributed by atoms with Crippen molar-refractivity contribution < 1.29 is 5.11 Å². The minimum atomic E-state index is -0.178. The first-order chi connectivity index (χ1) is 9.19. The largest absolute Gasteiger partial charge is 0.392 e. The predicted octanol–water partition coefficient (Wildman–Crippen LogP) is 1.96. The predicted molar refractivity (Wildman–Crippen MR) is 79.1 cm³/mol. The highest BCUT2D eigenvalue weighted by molar-refractivity contribution is 5.14. The van der Waals surface area contributed by atoms with Crippen LogP contribution in [0.15, 0.2) is 30.3 Å². The Balaban J connectivity index is 1.83. The van der Waals surface area contributed by atoms with Crippen molar-refractivity contribution in [1.82, 2.24) is 9.80 Å². The second-order valence-corrected chi connectivity index (χ2v) is 5.63. The molecule has 1 aliphatic heterocycles. The lowest BCUT2D eigenvalue weighted by atomic mass is 10.1. The summed E-state index contributed by atoms with van der Waals surface area (Å²) in [6.45, 7) is 9.40. The second-order valence-electron chi connectivity index (χ2n) is 5.63. The van der Waals surface area contributed by atoms with E-state index in [1.54, 1.807) is 0 Å². The molecular formula is C16H26N2O. The summed E-state index contributed by atoms with van der Waals surface area (Å²) in [5.74, 6) is 0. The zero-order chi connectivity index (χ0) is 13.7. The van der Waals surface area contributed by atoms with E-state index in [1.807, 2.05) is 6.92 Å². The van der Waals surface area contributed by atoms with E-state index in [0.717, 1.165) is 39.1 Å². The maximum absolute atomic E-state index is 9.77. The molecule has 2 atom stereocenters. The molecule has 1 saturated heterocycles. The van der Waals surface area contributed by atoms with Gasteiger partial charge in [-0.2, -0.15) is 0 Å². The molecule has 2 rings (SSSR count). The normalized spacial score (nSPS) is 23.4. The number of benzene rings is 1. The Kier molecular flexibility index (Phi) is 5.37. The van der Waals surface area contributed by atoms with Crippen molar-refractivity contribution in [2.45, 2.75) is 39.0 Å². The summed E-state index contributed by atoms with van der Waals surface area (Å²) in [5.41, 5.74) is 1.39. The summed E-state index contributed by atoms with van der Waals surface area (Å²) >= 11 is 0. The first-order valence-electron chi connectivity index (χ1n) is 7.37. The Bertz CT molecular complexity index is 368. The van der Waals surface area contributed by atoms with Crippen LogP contribution in [0, 0.1) is 0 Å². The molecule has 0 bridgehead atoms. The van der Waals surface area contributed by atoms with Gasteiger partial charge in [0.25, 0.3) is 0 Å². The number of nitrogens with zero attached hydrogens (tertiary/aromatic N) is 2. The van der Waals surface area contributed by atoms with Crippen LogP contribution in [-0.2, 0) is 6.54 Å². The van der Waals surface area contributed by atoms with Gasteiger partial charge in [0.15, 0.2) is 0 Å². The monoisotopic (exact) mass is 262 g/mol. The van der Waals surface area contributed by atoms with Gasteiger partial charge in [-0.1, -0.05) is 37.3 Å². The van der Waals surface area contributed by atoms with Crippen molar-refractivity contribution in [3.63, 3.8) is 0 Å². The molecule has 1 aromatic carbocycles. The van der Waals surface area contributed by atoms with Gasteiger partial charge in [0, 0.05) is 38.8 Å². The Hall–Kier alpha value is -0.900. The second kappa shape index (κ2) is 7.04. The summed E-state index contributed by atoms with van der Waals surface area (Å²) in [6, 6.07) is 11.2. The van der Waals surface area contributed by atoms with Gasteiger partial charge < -0.3 is 5.11 Å². The van der Waals surface area contributed by atoms with Crippen molar-refractivity contribution >= 4 is 0 Å². The van der Waals surface area contributed by atoms with E-state index in [4.69, 9.17) is 0 Å². The first-order valence-corrected chi connectivity index (χ1v) is 7.37. The number of hydrogen-bond acceptors (Lipinski definition) is 3. The molecule has 1 heterocycles. The van der Waals surface area contributed by atoms with Crippen molar-refractivity contribution in [1.29, 1.82) is 0 Å². The van der Waals surface area contributed by atoms with E-state index in [1.165, 1.54) is 5.56 Å². The number of hydrogen-bond donors (Lipinski definition) is 1. The smallest absolute Gasteiger partial charge is 0.0664 e. The van der Waals surface area contributed by atoms with Gasteiger partial charge in [0.1, 0.15) is 0 Å². The van der Waals surface area contributed by atoms with Gasteiger partial charge in [0.2, 0.25) is 0 Å². The standard InChI is InChI=1S/C16H26N2O/c1-3-16(19)13-18-10-9-17(11-14(18)2)12-15-7-5-4-6-8-15/h4-8,14,16,19H,3,9-13H2,1-2H3/t14-,16?/m1/s1. The van der Waals surface area contributed by atoms with Crippen LogP contribution in [0.5, 0.6) is 0 Å². The fraction of sp³-hybridized carbons (Fsp3) is 0.625. The first kappa shape index (κ1) is 14.5. The molecular weight excluding hydrogens is 236 g/mol. The zero-order valence-electron chi connectivity index (χ0n) is 12.1. The molecule has 0 aromatic heterocycles. The van der Waals surface area contributed by atoms with Crippen LogP contribution < -0.4 is 0 Å². The molecule has 1 fully saturated rings. The van der Waals surface area contributed by atoms with E-state index in [2.05, 4.69) is 47.1 Å². The summed E-state index contributed by atoms with van der Waals surface area (Å²) in [6.07, 6.45) is 0.667.